The number of ether oxygens (including phenoxy) is 5. The lowest BCUT2D eigenvalue weighted by atomic mass is 10.0. The summed E-state index contributed by atoms with van der Waals surface area (Å²) in [4.78, 5) is 19.3. The molecule has 0 aliphatic carbocycles. The zero-order valence-corrected chi connectivity index (χ0v) is 24.5. The van der Waals surface area contributed by atoms with Crippen LogP contribution < -0.4 is 18.9 Å². The van der Waals surface area contributed by atoms with Gasteiger partial charge in [0.2, 0.25) is 11.6 Å². The van der Waals surface area contributed by atoms with Gasteiger partial charge in [-0.05, 0) is 39.3 Å². The van der Waals surface area contributed by atoms with E-state index in [1.54, 1.807) is 29.2 Å². The van der Waals surface area contributed by atoms with E-state index in [0.717, 1.165) is 6.04 Å². The fourth-order valence-electron chi connectivity index (χ4n) is 3.79. The normalized spacial score (nSPS) is 12.4. The maximum absolute atomic E-state index is 13.3. The minimum absolute atomic E-state index is 0.0189. The Labute approximate surface area is 221 Å². The number of amides is 1. The minimum Gasteiger partial charge on any atom is -0.489 e. The molecule has 2 rings (SSSR count). The Morgan fingerprint density at radius 3 is 2.11 bits per heavy atom. The summed E-state index contributed by atoms with van der Waals surface area (Å²) in [5, 5.41) is 11.5. The molecule has 0 spiro atoms. The number of benzene rings is 1. The minimum atomic E-state index is -1.28. The number of methoxy groups -OCH3 is 2. The van der Waals surface area contributed by atoms with Gasteiger partial charge in [-0.25, -0.2) is 4.79 Å². The summed E-state index contributed by atoms with van der Waals surface area (Å²) in [6.45, 7) is 14.8. The van der Waals surface area contributed by atoms with E-state index < -0.39 is 20.3 Å². The molecule has 1 heterocycles. The average molecular weight is 535 g/mol. The molecule has 1 atom stereocenters. The number of aromatic nitrogens is 1. The van der Waals surface area contributed by atoms with E-state index in [2.05, 4.69) is 24.6 Å². The van der Waals surface area contributed by atoms with E-state index >= 15 is 0 Å². The zero-order chi connectivity index (χ0) is 27.8. The lowest BCUT2D eigenvalue weighted by Crippen LogP contribution is -2.43. The molecular formula is C27H42N2O7Si. The highest BCUT2D eigenvalue weighted by Gasteiger charge is 2.33. The molecule has 2 aromatic rings. The van der Waals surface area contributed by atoms with Gasteiger partial charge in [-0.3, -0.25) is 0 Å². The van der Waals surface area contributed by atoms with Crippen LogP contribution in [0.3, 0.4) is 0 Å². The average Bonchev–Trinajstić information content (AvgIpc) is 2.82. The van der Waals surface area contributed by atoms with Crippen LogP contribution in [0.2, 0.25) is 25.7 Å². The number of aliphatic hydroxyl groups is 1. The molecule has 1 N–H and O–H groups in total. The molecule has 1 aromatic carbocycles. The van der Waals surface area contributed by atoms with Crippen LogP contribution in [-0.2, 0) is 4.74 Å². The van der Waals surface area contributed by atoms with Crippen molar-refractivity contribution in [3.05, 3.63) is 41.5 Å². The lowest BCUT2D eigenvalue weighted by molar-refractivity contribution is 0.0168. The van der Waals surface area contributed by atoms with Gasteiger partial charge in [-0.2, -0.15) is 4.98 Å². The van der Waals surface area contributed by atoms with E-state index in [4.69, 9.17) is 23.7 Å². The first-order chi connectivity index (χ1) is 17.4. The van der Waals surface area contributed by atoms with Gasteiger partial charge in [0, 0.05) is 26.8 Å². The van der Waals surface area contributed by atoms with E-state index in [9.17, 15) is 9.90 Å². The zero-order valence-electron chi connectivity index (χ0n) is 23.5. The molecule has 0 saturated heterocycles. The number of carbonyl (C=O) groups excluding carboxylic acids is 1. The van der Waals surface area contributed by atoms with Crippen molar-refractivity contribution in [1.29, 1.82) is 0 Å². The van der Waals surface area contributed by atoms with Crippen molar-refractivity contribution in [1.82, 2.24) is 9.88 Å². The summed E-state index contributed by atoms with van der Waals surface area (Å²) >= 11 is 0. The molecule has 206 valence electrons. The van der Waals surface area contributed by atoms with E-state index in [0.29, 0.717) is 12.2 Å². The second-order valence-corrected chi connectivity index (χ2v) is 16.1. The van der Waals surface area contributed by atoms with Gasteiger partial charge >= 0.3 is 6.09 Å². The topological polar surface area (TPSA) is 99.6 Å². The van der Waals surface area contributed by atoms with Gasteiger partial charge in [-0.1, -0.05) is 50.0 Å². The van der Waals surface area contributed by atoms with Crippen molar-refractivity contribution in [2.75, 3.05) is 27.6 Å². The monoisotopic (exact) mass is 534 g/mol. The van der Waals surface area contributed by atoms with Gasteiger partial charge < -0.3 is 33.7 Å². The molecule has 0 fully saturated rings. The predicted molar refractivity (Wildman–Crippen MR) is 146 cm³/mol. The van der Waals surface area contributed by atoms with Crippen molar-refractivity contribution >= 4 is 14.2 Å². The van der Waals surface area contributed by atoms with Crippen LogP contribution in [0.15, 0.2) is 30.3 Å². The third-order valence-electron chi connectivity index (χ3n) is 5.65. The third-order valence-corrected chi connectivity index (χ3v) is 7.36. The summed E-state index contributed by atoms with van der Waals surface area (Å²) in [6.07, 6.45) is -1.84. The summed E-state index contributed by atoms with van der Waals surface area (Å²) in [7, 11) is 1.56. The van der Waals surface area contributed by atoms with Crippen molar-refractivity contribution in [2.24, 2.45) is 0 Å². The first-order valence-electron chi connectivity index (χ1n) is 12.5. The molecule has 0 radical (unpaired) electrons. The van der Waals surface area contributed by atoms with Crippen LogP contribution >= 0.6 is 0 Å². The Balaban J connectivity index is 2.59. The Hall–Kier alpha value is -2.82. The maximum Gasteiger partial charge on any atom is 0.415 e. The Morgan fingerprint density at radius 2 is 1.59 bits per heavy atom. The number of hydrogen-bond acceptors (Lipinski definition) is 8. The lowest BCUT2D eigenvalue weighted by Gasteiger charge is -2.30. The first kappa shape index (κ1) is 30.4. The van der Waals surface area contributed by atoms with E-state index in [1.807, 2.05) is 33.8 Å². The molecule has 1 amide bonds. The number of aliphatic hydroxyl groups excluding tert-OH is 1. The van der Waals surface area contributed by atoms with Gasteiger partial charge in [0.25, 0.3) is 5.88 Å². The molecular weight excluding hydrogens is 492 g/mol. The van der Waals surface area contributed by atoms with Crippen molar-refractivity contribution < 1.29 is 33.6 Å². The second kappa shape index (κ2) is 13.6. The van der Waals surface area contributed by atoms with Gasteiger partial charge in [0.15, 0.2) is 12.5 Å². The molecule has 10 heteroatoms. The highest BCUT2D eigenvalue weighted by atomic mass is 28.3. The molecule has 37 heavy (non-hydrogen) atoms. The maximum atomic E-state index is 13.3. The SMILES string of the molecule is COc1nc(OCOCC[Si](C)(C)C)c(C(O)c2ccccc2)c(OC(=O)N(C(C)C)C(C)C)c1OC. The van der Waals surface area contributed by atoms with Gasteiger partial charge in [-0.15, -0.1) is 0 Å². The van der Waals surface area contributed by atoms with Gasteiger partial charge in [0.05, 0.1) is 19.8 Å². The predicted octanol–water partition coefficient (Wildman–Crippen LogP) is 5.49. The number of hydrogen-bond donors (Lipinski definition) is 1. The van der Waals surface area contributed by atoms with Crippen molar-refractivity contribution in [3.8, 4) is 23.3 Å². The van der Waals surface area contributed by atoms with Gasteiger partial charge in [0.1, 0.15) is 6.10 Å². The van der Waals surface area contributed by atoms with Crippen LogP contribution in [0.25, 0.3) is 0 Å². The van der Waals surface area contributed by atoms with Crippen LogP contribution in [0, 0.1) is 0 Å². The second-order valence-electron chi connectivity index (χ2n) is 10.5. The number of pyridine rings is 1. The summed E-state index contributed by atoms with van der Waals surface area (Å²) in [6, 6.07) is 9.69. The Kier molecular flexibility index (Phi) is 11.2. The molecule has 9 nitrogen and oxygen atoms in total. The molecule has 1 unspecified atom stereocenters. The Morgan fingerprint density at radius 1 is 0.973 bits per heavy atom. The third kappa shape index (κ3) is 8.34. The summed E-state index contributed by atoms with van der Waals surface area (Å²) in [5.41, 5.74) is 0.696. The Bertz CT molecular complexity index is 1000. The van der Waals surface area contributed by atoms with E-state index in [-0.39, 0.29) is 47.7 Å². The van der Waals surface area contributed by atoms with Crippen LogP contribution in [-0.4, -0.2) is 68.9 Å². The highest BCUT2D eigenvalue weighted by molar-refractivity contribution is 6.76. The smallest absolute Gasteiger partial charge is 0.415 e. The number of rotatable bonds is 13. The molecule has 0 aliphatic heterocycles. The van der Waals surface area contributed by atoms with Crippen molar-refractivity contribution in [3.63, 3.8) is 0 Å². The van der Waals surface area contributed by atoms with Crippen LogP contribution in [0.1, 0.15) is 44.9 Å². The largest absolute Gasteiger partial charge is 0.489 e. The molecule has 1 aromatic heterocycles. The number of nitrogens with zero attached hydrogens (tertiary/aromatic N) is 2. The highest BCUT2D eigenvalue weighted by Crippen LogP contribution is 2.47. The summed E-state index contributed by atoms with van der Waals surface area (Å²) in [5.74, 6) is 0.108. The van der Waals surface area contributed by atoms with Crippen LogP contribution in [0.4, 0.5) is 4.79 Å². The van der Waals surface area contributed by atoms with Crippen molar-refractivity contribution in [2.45, 2.75) is 71.6 Å². The fourth-order valence-corrected chi connectivity index (χ4v) is 4.54. The van der Waals surface area contributed by atoms with Crippen LogP contribution in [0.5, 0.6) is 23.3 Å². The number of carbonyl (C=O) groups is 1. The summed E-state index contributed by atoms with van der Waals surface area (Å²) < 4.78 is 28.5. The van der Waals surface area contributed by atoms with E-state index in [1.165, 1.54) is 14.2 Å². The quantitative estimate of drug-likeness (QED) is 0.205. The standard InChI is InChI=1S/C27H42N2O7Si/c1-18(2)29(19(3)4)27(31)36-23-21(22(30)20-13-11-10-12-14-20)25(28-26(33-6)24(23)32-5)35-17-34-15-16-37(7,8)9/h10-14,18-19,22,30H,15-17H2,1-9H3. The first-order valence-corrected chi connectivity index (χ1v) is 16.2. The molecule has 0 saturated carbocycles. The molecule has 0 aliphatic rings. The molecule has 0 bridgehead atoms. The fraction of sp³-hybridized carbons (Fsp3) is 0.556.